The maximum absolute atomic E-state index is 12.9. The third-order valence-electron chi connectivity index (χ3n) is 5.66. The Morgan fingerprint density at radius 2 is 2.10 bits per heavy atom. The third-order valence-corrected chi connectivity index (χ3v) is 6.57. The van der Waals surface area contributed by atoms with E-state index in [4.69, 9.17) is 6.42 Å². The molecule has 0 aliphatic carbocycles. The highest BCUT2D eigenvalue weighted by Gasteiger charge is 2.34. The standard InChI is InChI=1S/C23H23N3O3S/c1-3-11-26-22(28)20(30-23(26)29)13-17-14-24(19-10-5-4-9-18(17)19)15-21(27)25-12-7-6-8-16(25)2/h1,4-5,9-10,13-14,16H,6-8,11-12,15H2,2H3/b20-13-/t16-/m1/s1. The van der Waals surface area contributed by atoms with Gasteiger partial charge in [0.25, 0.3) is 11.1 Å². The van der Waals surface area contributed by atoms with Gasteiger partial charge >= 0.3 is 0 Å². The summed E-state index contributed by atoms with van der Waals surface area (Å²) in [5.41, 5.74) is 1.72. The molecule has 0 N–H and O–H groups in total. The van der Waals surface area contributed by atoms with Gasteiger partial charge in [-0.05, 0) is 50.1 Å². The SMILES string of the molecule is C#CCN1C(=O)S/C(=C\c2cn(CC(=O)N3CCCC[C@H]3C)c3ccccc23)C1=O. The van der Waals surface area contributed by atoms with Gasteiger partial charge < -0.3 is 9.47 Å². The molecule has 0 spiro atoms. The number of amides is 3. The Labute approximate surface area is 179 Å². The van der Waals surface area contributed by atoms with Gasteiger partial charge in [-0.15, -0.1) is 6.42 Å². The van der Waals surface area contributed by atoms with Gasteiger partial charge in [-0.25, -0.2) is 0 Å². The highest BCUT2D eigenvalue weighted by atomic mass is 32.2. The zero-order chi connectivity index (χ0) is 21.3. The van der Waals surface area contributed by atoms with Crippen molar-refractivity contribution in [1.29, 1.82) is 0 Å². The molecule has 0 saturated carbocycles. The molecule has 1 aromatic carbocycles. The van der Waals surface area contributed by atoms with Crippen molar-refractivity contribution in [2.45, 2.75) is 38.8 Å². The minimum absolute atomic E-state index is 0.0354. The minimum Gasteiger partial charge on any atom is -0.338 e. The fraction of sp³-hybridized carbons (Fsp3) is 0.348. The number of aromatic nitrogens is 1. The van der Waals surface area contributed by atoms with Crippen LogP contribution in [-0.2, 0) is 16.1 Å². The molecule has 1 atom stereocenters. The number of terminal acetylenes is 1. The van der Waals surface area contributed by atoms with Crippen LogP contribution in [0.4, 0.5) is 4.79 Å². The minimum atomic E-state index is -0.377. The molecular weight excluding hydrogens is 398 g/mol. The van der Waals surface area contributed by atoms with Crippen LogP contribution in [0.5, 0.6) is 0 Å². The van der Waals surface area contributed by atoms with Gasteiger partial charge in [0.2, 0.25) is 5.91 Å². The number of carbonyl (C=O) groups is 3. The molecule has 1 aromatic heterocycles. The van der Waals surface area contributed by atoms with Crippen LogP contribution in [0, 0.1) is 12.3 Å². The number of likely N-dealkylation sites (tertiary alicyclic amines) is 1. The first-order chi connectivity index (χ1) is 14.5. The second-order valence-corrected chi connectivity index (χ2v) is 8.63. The van der Waals surface area contributed by atoms with E-state index in [9.17, 15) is 14.4 Å². The number of benzene rings is 1. The summed E-state index contributed by atoms with van der Waals surface area (Å²) in [5.74, 6) is 2.07. The summed E-state index contributed by atoms with van der Waals surface area (Å²) in [4.78, 5) is 40.9. The molecule has 4 rings (SSSR count). The molecule has 2 aliphatic heterocycles. The van der Waals surface area contributed by atoms with Crippen LogP contribution in [0.25, 0.3) is 17.0 Å². The van der Waals surface area contributed by atoms with Gasteiger partial charge in [0.05, 0.1) is 11.4 Å². The number of piperidine rings is 1. The van der Waals surface area contributed by atoms with Crippen molar-refractivity contribution in [3.8, 4) is 12.3 Å². The van der Waals surface area contributed by atoms with E-state index in [0.717, 1.165) is 58.9 Å². The lowest BCUT2D eigenvalue weighted by Gasteiger charge is -2.33. The number of rotatable bonds is 4. The maximum atomic E-state index is 12.9. The number of fused-ring (bicyclic) bond motifs is 1. The average Bonchev–Trinajstić information content (AvgIpc) is 3.21. The molecule has 3 amide bonds. The third kappa shape index (κ3) is 3.75. The Morgan fingerprint density at radius 3 is 2.87 bits per heavy atom. The molecule has 0 bridgehead atoms. The molecule has 6 nitrogen and oxygen atoms in total. The van der Waals surface area contributed by atoms with Crippen molar-refractivity contribution in [3.63, 3.8) is 0 Å². The molecular formula is C23H23N3O3S. The van der Waals surface area contributed by atoms with E-state index < -0.39 is 0 Å². The van der Waals surface area contributed by atoms with Crippen LogP contribution < -0.4 is 0 Å². The fourth-order valence-electron chi connectivity index (χ4n) is 4.10. The Morgan fingerprint density at radius 1 is 1.30 bits per heavy atom. The highest BCUT2D eigenvalue weighted by molar-refractivity contribution is 8.18. The molecule has 30 heavy (non-hydrogen) atoms. The summed E-state index contributed by atoms with van der Waals surface area (Å²) in [6.45, 7) is 3.11. The molecule has 3 heterocycles. The van der Waals surface area contributed by atoms with Gasteiger partial charge in [-0.2, -0.15) is 0 Å². The van der Waals surface area contributed by atoms with Crippen molar-refractivity contribution in [3.05, 3.63) is 40.9 Å². The quantitative estimate of drug-likeness (QED) is 0.558. The van der Waals surface area contributed by atoms with E-state index >= 15 is 0 Å². The number of thioether (sulfide) groups is 1. The molecule has 7 heteroatoms. The number of nitrogens with zero attached hydrogens (tertiary/aromatic N) is 3. The number of imide groups is 1. The smallest absolute Gasteiger partial charge is 0.294 e. The van der Waals surface area contributed by atoms with Crippen molar-refractivity contribution >= 4 is 45.8 Å². The zero-order valence-corrected chi connectivity index (χ0v) is 17.7. The normalized spacial score (nSPS) is 20.9. The van der Waals surface area contributed by atoms with Gasteiger partial charge in [0.1, 0.15) is 6.54 Å². The van der Waals surface area contributed by atoms with E-state index in [-0.39, 0.29) is 36.2 Å². The van der Waals surface area contributed by atoms with Crippen LogP contribution in [0.15, 0.2) is 35.4 Å². The molecule has 0 radical (unpaired) electrons. The Bertz CT molecular complexity index is 1090. The average molecular weight is 422 g/mol. The molecule has 2 aliphatic rings. The Balaban J connectivity index is 1.65. The van der Waals surface area contributed by atoms with E-state index in [1.54, 1.807) is 6.08 Å². The van der Waals surface area contributed by atoms with E-state index in [1.165, 1.54) is 0 Å². The van der Waals surface area contributed by atoms with E-state index in [2.05, 4.69) is 12.8 Å². The van der Waals surface area contributed by atoms with Crippen molar-refractivity contribution in [2.24, 2.45) is 0 Å². The van der Waals surface area contributed by atoms with Crippen LogP contribution in [-0.4, -0.2) is 50.6 Å². The highest BCUT2D eigenvalue weighted by Crippen LogP contribution is 2.34. The summed E-state index contributed by atoms with van der Waals surface area (Å²) in [7, 11) is 0. The first-order valence-electron chi connectivity index (χ1n) is 10.1. The monoisotopic (exact) mass is 421 g/mol. The maximum Gasteiger partial charge on any atom is 0.294 e. The predicted molar refractivity (Wildman–Crippen MR) is 118 cm³/mol. The second kappa shape index (κ2) is 8.41. The van der Waals surface area contributed by atoms with Crippen molar-refractivity contribution in [2.75, 3.05) is 13.1 Å². The van der Waals surface area contributed by atoms with E-state index in [1.807, 2.05) is 39.9 Å². The second-order valence-electron chi connectivity index (χ2n) is 7.63. The number of carbonyl (C=O) groups excluding carboxylic acids is 3. The largest absolute Gasteiger partial charge is 0.338 e. The summed E-state index contributed by atoms with van der Waals surface area (Å²) in [6, 6.07) is 8.02. The number of hydrogen-bond acceptors (Lipinski definition) is 4. The van der Waals surface area contributed by atoms with Gasteiger partial charge in [0, 0.05) is 35.2 Å². The number of hydrogen-bond donors (Lipinski definition) is 0. The molecule has 154 valence electrons. The molecule has 2 aromatic rings. The van der Waals surface area contributed by atoms with Gasteiger partial charge in [-0.1, -0.05) is 24.1 Å². The summed E-state index contributed by atoms with van der Waals surface area (Å²) < 4.78 is 1.93. The zero-order valence-electron chi connectivity index (χ0n) is 16.8. The van der Waals surface area contributed by atoms with Crippen molar-refractivity contribution in [1.82, 2.24) is 14.4 Å². The van der Waals surface area contributed by atoms with Gasteiger partial charge in [0.15, 0.2) is 0 Å². The molecule has 2 saturated heterocycles. The lowest BCUT2D eigenvalue weighted by Crippen LogP contribution is -2.43. The first-order valence-corrected chi connectivity index (χ1v) is 10.9. The number of para-hydroxylation sites is 1. The predicted octanol–water partition coefficient (Wildman–Crippen LogP) is 3.71. The topological polar surface area (TPSA) is 62.6 Å². The van der Waals surface area contributed by atoms with Crippen LogP contribution in [0.3, 0.4) is 0 Å². The van der Waals surface area contributed by atoms with Crippen LogP contribution in [0.2, 0.25) is 0 Å². The molecule has 2 fully saturated rings. The van der Waals surface area contributed by atoms with Crippen LogP contribution in [0.1, 0.15) is 31.7 Å². The fourth-order valence-corrected chi connectivity index (χ4v) is 4.92. The Hall–Kier alpha value is -2.98. The summed E-state index contributed by atoms with van der Waals surface area (Å²) in [6.07, 6.45) is 12.1. The van der Waals surface area contributed by atoms with Crippen molar-refractivity contribution < 1.29 is 14.4 Å². The molecule has 0 unspecified atom stereocenters. The summed E-state index contributed by atoms with van der Waals surface area (Å²) in [5, 5.41) is 0.572. The van der Waals surface area contributed by atoms with Gasteiger partial charge in [-0.3, -0.25) is 19.3 Å². The lowest BCUT2D eigenvalue weighted by atomic mass is 10.0. The summed E-state index contributed by atoms with van der Waals surface area (Å²) >= 11 is 0.890. The van der Waals surface area contributed by atoms with Crippen LogP contribution >= 0.6 is 11.8 Å². The first kappa shape index (κ1) is 20.3. The van der Waals surface area contributed by atoms with E-state index in [0.29, 0.717) is 4.91 Å². The lowest BCUT2D eigenvalue weighted by molar-refractivity contribution is -0.135. The Kier molecular flexibility index (Phi) is 5.69.